The van der Waals surface area contributed by atoms with Crippen LogP contribution in [0.2, 0.25) is 0 Å². The van der Waals surface area contributed by atoms with Crippen LogP contribution in [0.25, 0.3) is 0 Å². The molecule has 1 heterocycles. The second-order valence-corrected chi connectivity index (χ2v) is 4.99. The average molecular weight is 273 g/mol. The zero-order valence-electron chi connectivity index (χ0n) is 12.5. The summed E-state index contributed by atoms with van der Waals surface area (Å²) >= 11 is 0. The van der Waals surface area contributed by atoms with Gasteiger partial charge in [-0.2, -0.15) is 0 Å². The van der Waals surface area contributed by atoms with Crippen LogP contribution in [-0.4, -0.2) is 16.1 Å². The lowest BCUT2D eigenvalue weighted by molar-refractivity contribution is 0.291. The average Bonchev–Trinajstić information content (AvgIpc) is 2.88. The van der Waals surface area contributed by atoms with Crippen molar-refractivity contribution in [2.45, 2.75) is 32.9 Å². The molecule has 0 saturated heterocycles. The summed E-state index contributed by atoms with van der Waals surface area (Å²) in [5, 5.41) is 3.48. The molecular weight excluding hydrogens is 250 g/mol. The largest absolute Gasteiger partial charge is 0.486 e. The van der Waals surface area contributed by atoms with Crippen molar-refractivity contribution in [3.8, 4) is 5.75 Å². The van der Waals surface area contributed by atoms with E-state index in [2.05, 4.69) is 36.3 Å². The maximum Gasteiger partial charge on any atom is 0.146 e. The fourth-order valence-corrected chi connectivity index (χ4v) is 2.01. The number of hydrogen-bond donors (Lipinski definition) is 1. The van der Waals surface area contributed by atoms with Crippen molar-refractivity contribution in [3.63, 3.8) is 0 Å². The first-order chi connectivity index (χ1) is 9.70. The lowest BCUT2D eigenvalue weighted by Gasteiger charge is -2.14. The Hall–Kier alpha value is -1.81. The van der Waals surface area contributed by atoms with Gasteiger partial charge < -0.3 is 14.6 Å². The molecule has 0 aliphatic carbocycles. The number of imidazole rings is 1. The molecule has 0 fully saturated rings. The molecule has 2 rings (SSSR count). The van der Waals surface area contributed by atoms with Crippen LogP contribution < -0.4 is 10.1 Å². The second-order valence-electron chi connectivity index (χ2n) is 4.99. The molecule has 108 valence electrons. The molecule has 0 aliphatic rings. The van der Waals surface area contributed by atoms with E-state index in [4.69, 9.17) is 4.74 Å². The highest BCUT2D eigenvalue weighted by Gasteiger charge is 2.05. The van der Waals surface area contributed by atoms with Gasteiger partial charge in [0.05, 0.1) is 0 Å². The highest BCUT2D eigenvalue weighted by atomic mass is 16.5. The first kappa shape index (κ1) is 14.6. The third-order valence-electron chi connectivity index (χ3n) is 3.37. The fourth-order valence-electron chi connectivity index (χ4n) is 2.01. The molecule has 4 nitrogen and oxygen atoms in total. The lowest BCUT2D eigenvalue weighted by atomic mass is 10.1. The van der Waals surface area contributed by atoms with Crippen molar-refractivity contribution in [2.75, 3.05) is 6.54 Å². The molecule has 1 aromatic heterocycles. The quantitative estimate of drug-likeness (QED) is 0.842. The normalized spacial score (nSPS) is 12.3. The number of aryl methyl sites for hydroxylation is 1. The standard InChI is InChI=1S/C16H23N3O/c1-4-9-17-13(2)14-5-7-15(8-6-14)20-12-16-18-10-11-19(16)3/h5-8,10-11,13,17H,4,9,12H2,1-3H3. The Kier molecular flexibility index (Phi) is 5.18. The molecule has 1 N–H and O–H groups in total. The molecular formula is C16H23N3O. The summed E-state index contributed by atoms with van der Waals surface area (Å²) < 4.78 is 7.71. The van der Waals surface area contributed by atoms with Crippen LogP contribution in [0.5, 0.6) is 5.75 Å². The summed E-state index contributed by atoms with van der Waals surface area (Å²) in [7, 11) is 1.97. The zero-order valence-corrected chi connectivity index (χ0v) is 12.5. The van der Waals surface area contributed by atoms with Gasteiger partial charge in [-0.1, -0.05) is 19.1 Å². The Morgan fingerprint density at radius 1 is 1.30 bits per heavy atom. The highest BCUT2D eigenvalue weighted by molar-refractivity contribution is 5.29. The van der Waals surface area contributed by atoms with Crippen molar-refractivity contribution in [1.29, 1.82) is 0 Å². The number of rotatable bonds is 7. The third kappa shape index (κ3) is 3.84. The van der Waals surface area contributed by atoms with E-state index in [1.54, 1.807) is 6.20 Å². The smallest absolute Gasteiger partial charge is 0.146 e. The van der Waals surface area contributed by atoms with Gasteiger partial charge >= 0.3 is 0 Å². The van der Waals surface area contributed by atoms with E-state index in [0.29, 0.717) is 12.6 Å². The van der Waals surface area contributed by atoms with E-state index >= 15 is 0 Å². The maximum atomic E-state index is 5.74. The number of aromatic nitrogens is 2. The molecule has 0 spiro atoms. The van der Waals surface area contributed by atoms with Crippen LogP contribution >= 0.6 is 0 Å². The molecule has 1 aromatic carbocycles. The summed E-state index contributed by atoms with van der Waals surface area (Å²) in [6.45, 7) is 5.89. The van der Waals surface area contributed by atoms with Gasteiger partial charge in [-0.25, -0.2) is 4.98 Å². The van der Waals surface area contributed by atoms with Gasteiger partial charge in [-0.3, -0.25) is 0 Å². The highest BCUT2D eigenvalue weighted by Crippen LogP contribution is 2.18. The van der Waals surface area contributed by atoms with E-state index in [1.165, 1.54) is 5.56 Å². The van der Waals surface area contributed by atoms with Crippen LogP contribution in [0.1, 0.15) is 37.7 Å². The van der Waals surface area contributed by atoms with Crippen molar-refractivity contribution in [1.82, 2.24) is 14.9 Å². The molecule has 0 bridgehead atoms. The number of nitrogens with one attached hydrogen (secondary N) is 1. The van der Waals surface area contributed by atoms with Crippen molar-refractivity contribution in [2.24, 2.45) is 7.05 Å². The first-order valence-corrected chi connectivity index (χ1v) is 7.13. The van der Waals surface area contributed by atoms with Crippen LogP contribution in [-0.2, 0) is 13.7 Å². The van der Waals surface area contributed by atoms with Gasteiger partial charge in [-0.05, 0) is 37.6 Å². The van der Waals surface area contributed by atoms with E-state index in [0.717, 1.165) is 24.5 Å². The van der Waals surface area contributed by atoms with Gasteiger partial charge in [0.2, 0.25) is 0 Å². The van der Waals surface area contributed by atoms with Crippen molar-refractivity contribution in [3.05, 3.63) is 48.0 Å². The number of ether oxygens (including phenoxy) is 1. The molecule has 1 unspecified atom stereocenters. The SMILES string of the molecule is CCCNC(C)c1ccc(OCc2nccn2C)cc1. The Morgan fingerprint density at radius 2 is 2.05 bits per heavy atom. The molecule has 4 heteroatoms. The van der Waals surface area contributed by atoms with E-state index in [1.807, 2.05) is 29.9 Å². The second kappa shape index (κ2) is 7.10. The minimum atomic E-state index is 0.374. The Morgan fingerprint density at radius 3 is 2.65 bits per heavy atom. The van der Waals surface area contributed by atoms with Crippen LogP contribution in [0.3, 0.4) is 0 Å². The van der Waals surface area contributed by atoms with Crippen LogP contribution in [0.15, 0.2) is 36.7 Å². The monoisotopic (exact) mass is 273 g/mol. The van der Waals surface area contributed by atoms with E-state index in [-0.39, 0.29) is 0 Å². The van der Waals surface area contributed by atoms with E-state index < -0.39 is 0 Å². The Balaban J connectivity index is 1.89. The van der Waals surface area contributed by atoms with Crippen LogP contribution in [0.4, 0.5) is 0 Å². The number of hydrogen-bond acceptors (Lipinski definition) is 3. The summed E-state index contributed by atoms with van der Waals surface area (Å²) in [5.74, 6) is 1.80. The van der Waals surface area contributed by atoms with Crippen molar-refractivity contribution < 1.29 is 4.74 Å². The minimum absolute atomic E-state index is 0.374. The fraction of sp³-hybridized carbons (Fsp3) is 0.438. The summed E-state index contributed by atoms with van der Waals surface area (Å²) in [5.41, 5.74) is 1.28. The number of nitrogens with zero attached hydrogens (tertiary/aromatic N) is 2. The molecule has 0 saturated carbocycles. The molecule has 1 atom stereocenters. The predicted octanol–water partition coefficient (Wildman–Crippen LogP) is 3.06. The van der Waals surface area contributed by atoms with Crippen molar-refractivity contribution >= 4 is 0 Å². The van der Waals surface area contributed by atoms with Gasteiger partial charge in [0, 0.05) is 25.5 Å². The topological polar surface area (TPSA) is 39.1 Å². The summed E-state index contributed by atoms with van der Waals surface area (Å²) in [4.78, 5) is 4.24. The predicted molar refractivity (Wildman–Crippen MR) is 80.7 cm³/mol. The summed E-state index contributed by atoms with van der Waals surface area (Å²) in [6, 6.07) is 8.63. The van der Waals surface area contributed by atoms with Gasteiger partial charge in [0.25, 0.3) is 0 Å². The van der Waals surface area contributed by atoms with E-state index in [9.17, 15) is 0 Å². The third-order valence-corrected chi connectivity index (χ3v) is 3.37. The summed E-state index contributed by atoms with van der Waals surface area (Å²) in [6.07, 6.45) is 4.85. The molecule has 2 aromatic rings. The Bertz CT molecular complexity index is 519. The van der Waals surface area contributed by atoms with Gasteiger partial charge in [0.1, 0.15) is 18.2 Å². The minimum Gasteiger partial charge on any atom is -0.486 e. The molecule has 0 radical (unpaired) electrons. The zero-order chi connectivity index (χ0) is 14.4. The van der Waals surface area contributed by atoms with Gasteiger partial charge in [0.15, 0.2) is 0 Å². The Labute approximate surface area is 120 Å². The molecule has 0 aliphatic heterocycles. The first-order valence-electron chi connectivity index (χ1n) is 7.13. The number of benzene rings is 1. The molecule has 20 heavy (non-hydrogen) atoms. The maximum absolute atomic E-state index is 5.74. The van der Waals surface area contributed by atoms with Gasteiger partial charge in [-0.15, -0.1) is 0 Å². The van der Waals surface area contributed by atoms with Crippen LogP contribution in [0, 0.1) is 0 Å². The lowest BCUT2D eigenvalue weighted by Crippen LogP contribution is -2.19. The molecule has 0 amide bonds.